The van der Waals surface area contributed by atoms with Gasteiger partial charge < -0.3 is 10.5 Å². The second-order valence-corrected chi connectivity index (χ2v) is 6.23. The molecule has 0 aliphatic carbocycles. The summed E-state index contributed by atoms with van der Waals surface area (Å²) in [6.45, 7) is 4.64. The van der Waals surface area contributed by atoms with Crippen molar-refractivity contribution in [3.63, 3.8) is 0 Å². The van der Waals surface area contributed by atoms with E-state index in [0.717, 1.165) is 0 Å². The molecule has 108 valence electrons. The summed E-state index contributed by atoms with van der Waals surface area (Å²) in [5, 5.41) is 0.175. The molecule has 0 saturated carbocycles. The lowest BCUT2D eigenvalue weighted by atomic mass is 10.2. The second kappa shape index (κ2) is 7.21. The van der Waals surface area contributed by atoms with Gasteiger partial charge in [0, 0.05) is 19.7 Å². The molecule has 1 atom stereocenters. The summed E-state index contributed by atoms with van der Waals surface area (Å²) in [4.78, 5) is 0.0424. The van der Waals surface area contributed by atoms with Gasteiger partial charge in [0.25, 0.3) is 0 Å². The molecule has 0 aliphatic rings. The average molecular weight is 307 g/mol. The van der Waals surface area contributed by atoms with Crippen LogP contribution in [0.2, 0.25) is 5.02 Å². The fourth-order valence-electron chi connectivity index (χ4n) is 1.53. The number of rotatable bonds is 7. The normalized spacial score (nSPS) is 13.5. The van der Waals surface area contributed by atoms with Crippen LogP contribution < -0.4 is 10.5 Å². The van der Waals surface area contributed by atoms with Gasteiger partial charge in [-0.05, 0) is 31.5 Å². The summed E-state index contributed by atoms with van der Waals surface area (Å²) in [7, 11) is -3.65. The van der Waals surface area contributed by atoms with Crippen molar-refractivity contribution < 1.29 is 13.2 Å². The largest absolute Gasteiger partial charge is 0.377 e. The fraction of sp³-hybridized carbons (Fsp3) is 0.500. The highest BCUT2D eigenvalue weighted by Crippen LogP contribution is 2.22. The smallest absolute Gasteiger partial charge is 0.242 e. The molecule has 5 nitrogen and oxygen atoms in total. The number of hydrogen-bond acceptors (Lipinski definition) is 4. The molecule has 19 heavy (non-hydrogen) atoms. The molecule has 0 aliphatic heterocycles. The van der Waals surface area contributed by atoms with Crippen LogP contribution in [0.5, 0.6) is 0 Å². The molecule has 0 saturated heterocycles. The second-order valence-electron chi connectivity index (χ2n) is 4.09. The molecule has 1 unspecified atom stereocenters. The fourth-order valence-corrected chi connectivity index (χ4v) is 3.19. The first-order valence-electron chi connectivity index (χ1n) is 6.00. The van der Waals surface area contributed by atoms with Gasteiger partial charge in [0.2, 0.25) is 10.0 Å². The lowest BCUT2D eigenvalue weighted by Crippen LogP contribution is -2.32. The third-order valence-corrected chi connectivity index (χ3v) is 4.44. The topological polar surface area (TPSA) is 81.4 Å². The molecule has 0 spiro atoms. The third-order valence-electron chi connectivity index (χ3n) is 2.53. The van der Waals surface area contributed by atoms with Gasteiger partial charge in [-0.2, -0.15) is 0 Å². The van der Waals surface area contributed by atoms with Crippen LogP contribution in [0.15, 0.2) is 23.1 Å². The zero-order valence-corrected chi connectivity index (χ0v) is 12.6. The van der Waals surface area contributed by atoms with Crippen LogP contribution >= 0.6 is 11.6 Å². The number of ether oxygens (including phenoxy) is 1. The quantitative estimate of drug-likeness (QED) is 0.800. The first kappa shape index (κ1) is 16.4. The minimum atomic E-state index is -3.65. The molecule has 0 aromatic heterocycles. The Morgan fingerprint density at radius 3 is 2.74 bits per heavy atom. The monoisotopic (exact) mass is 306 g/mol. The van der Waals surface area contributed by atoms with Crippen molar-refractivity contribution in [1.82, 2.24) is 4.72 Å². The van der Waals surface area contributed by atoms with Crippen molar-refractivity contribution in [2.24, 2.45) is 5.73 Å². The first-order chi connectivity index (χ1) is 8.90. The van der Waals surface area contributed by atoms with Crippen molar-refractivity contribution >= 4 is 21.6 Å². The van der Waals surface area contributed by atoms with E-state index in [4.69, 9.17) is 22.1 Å². The molecule has 1 aromatic rings. The molecule has 0 radical (unpaired) electrons. The van der Waals surface area contributed by atoms with Gasteiger partial charge in [0.15, 0.2) is 0 Å². The highest BCUT2D eigenvalue weighted by Gasteiger charge is 2.19. The molecule has 0 bridgehead atoms. The number of benzene rings is 1. The molecule has 1 aromatic carbocycles. The average Bonchev–Trinajstić information content (AvgIpc) is 2.37. The summed E-state index contributed by atoms with van der Waals surface area (Å²) in [5.74, 6) is 0. The Morgan fingerprint density at radius 2 is 2.16 bits per heavy atom. The van der Waals surface area contributed by atoms with Crippen LogP contribution in [0.3, 0.4) is 0 Å². The SMILES string of the molecule is CCOC(C)CNS(=O)(=O)c1cc(CN)ccc1Cl. The summed E-state index contributed by atoms with van der Waals surface area (Å²) in [5.41, 5.74) is 6.21. The first-order valence-corrected chi connectivity index (χ1v) is 7.86. The van der Waals surface area contributed by atoms with Crippen molar-refractivity contribution in [2.45, 2.75) is 31.4 Å². The van der Waals surface area contributed by atoms with Gasteiger partial charge >= 0.3 is 0 Å². The Kier molecular flexibility index (Phi) is 6.22. The zero-order chi connectivity index (χ0) is 14.5. The Balaban J connectivity index is 2.88. The molecule has 7 heteroatoms. The third kappa shape index (κ3) is 4.74. The maximum atomic E-state index is 12.1. The number of sulfonamides is 1. The summed E-state index contributed by atoms with van der Waals surface area (Å²) in [6, 6.07) is 4.71. The minimum absolute atomic E-state index is 0.0424. The van der Waals surface area contributed by atoms with E-state index in [1.165, 1.54) is 12.1 Å². The van der Waals surface area contributed by atoms with Gasteiger partial charge in [0.05, 0.1) is 11.1 Å². The van der Waals surface area contributed by atoms with E-state index >= 15 is 0 Å². The summed E-state index contributed by atoms with van der Waals surface area (Å²) in [6.07, 6.45) is -0.198. The van der Waals surface area contributed by atoms with Gasteiger partial charge in [-0.15, -0.1) is 0 Å². The van der Waals surface area contributed by atoms with E-state index in [0.29, 0.717) is 12.2 Å². The van der Waals surface area contributed by atoms with E-state index in [-0.39, 0.29) is 29.1 Å². The molecule has 0 fully saturated rings. The van der Waals surface area contributed by atoms with Gasteiger partial charge in [0.1, 0.15) is 4.90 Å². The van der Waals surface area contributed by atoms with E-state index in [1.54, 1.807) is 13.0 Å². The molecular formula is C12H19ClN2O3S. The van der Waals surface area contributed by atoms with Crippen LogP contribution in [0.4, 0.5) is 0 Å². The molecule has 1 rings (SSSR count). The van der Waals surface area contributed by atoms with Crippen LogP contribution in [-0.2, 0) is 21.3 Å². The van der Waals surface area contributed by atoms with Gasteiger partial charge in [-0.3, -0.25) is 0 Å². The Labute approximate surface area is 119 Å². The standard InChI is InChI=1S/C12H19ClN2O3S/c1-3-18-9(2)8-15-19(16,17)12-6-10(7-14)4-5-11(12)13/h4-6,9,15H,3,7-8,14H2,1-2H3. The molecule has 0 heterocycles. The Bertz CT molecular complexity index is 520. The minimum Gasteiger partial charge on any atom is -0.377 e. The van der Waals surface area contributed by atoms with E-state index in [1.807, 2.05) is 6.92 Å². The van der Waals surface area contributed by atoms with Crippen molar-refractivity contribution in [1.29, 1.82) is 0 Å². The predicted octanol–water partition coefficient (Wildman–Crippen LogP) is 1.50. The molecule has 3 N–H and O–H groups in total. The summed E-state index contributed by atoms with van der Waals surface area (Å²) < 4.78 is 32.0. The highest BCUT2D eigenvalue weighted by atomic mass is 35.5. The van der Waals surface area contributed by atoms with Crippen LogP contribution in [0.25, 0.3) is 0 Å². The number of nitrogens with two attached hydrogens (primary N) is 1. The Morgan fingerprint density at radius 1 is 1.47 bits per heavy atom. The van der Waals surface area contributed by atoms with Crippen molar-refractivity contribution in [2.75, 3.05) is 13.2 Å². The number of nitrogens with one attached hydrogen (secondary N) is 1. The summed E-state index contributed by atoms with van der Waals surface area (Å²) >= 11 is 5.92. The van der Waals surface area contributed by atoms with Gasteiger partial charge in [-0.1, -0.05) is 17.7 Å². The van der Waals surface area contributed by atoms with Crippen LogP contribution in [-0.4, -0.2) is 27.7 Å². The van der Waals surface area contributed by atoms with E-state index < -0.39 is 10.0 Å². The maximum absolute atomic E-state index is 12.1. The van der Waals surface area contributed by atoms with Crippen molar-refractivity contribution in [3.8, 4) is 0 Å². The maximum Gasteiger partial charge on any atom is 0.242 e. The lowest BCUT2D eigenvalue weighted by Gasteiger charge is -2.14. The van der Waals surface area contributed by atoms with Crippen LogP contribution in [0.1, 0.15) is 19.4 Å². The van der Waals surface area contributed by atoms with E-state index in [9.17, 15) is 8.42 Å². The molecule has 0 amide bonds. The van der Waals surface area contributed by atoms with Gasteiger partial charge in [-0.25, -0.2) is 13.1 Å². The lowest BCUT2D eigenvalue weighted by molar-refractivity contribution is 0.0799. The van der Waals surface area contributed by atoms with E-state index in [2.05, 4.69) is 4.72 Å². The highest BCUT2D eigenvalue weighted by molar-refractivity contribution is 7.89. The zero-order valence-electron chi connectivity index (χ0n) is 11.0. The van der Waals surface area contributed by atoms with Crippen LogP contribution in [0, 0.1) is 0 Å². The Hall–Kier alpha value is -0.660. The van der Waals surface area contributed by atoms with Crippen molar-refractivity contribution in [3.05, 3.63) is 28.8 Å². The number of halogens is 1. The molecular weight excluding hydrogens is 288 g/mol. The number of hydrogen-bond donors (Lipinski definition) is 2. The predicted molar refractivity (Wildman–Crippen MR) is 75.6 cm³/mol.